The number of nitrogens with one attached hydrogen (secondary N) is 6. The van der Waals surface area contributed by atoms with Crippen molar-refractivity contribution in [3.05, 3.63) is 35.9 Å². The molecule has 3 atom stereocenters. The average Bonchev–Trinajstić information content (AvgIpc) is 3.00. The van der Waals surface area contributed by atoms with E-state index in [-0.39, 0.29) is 36.8 Å². The molecule has 1 aromatic carbocycles. The van der Waals surface area contributed by atoms with Crippen molar-refractivity contribution in [3.8, 4) is 0 Å². The smallest absolute Gasteiger partial charge is 0.414 e. The van der Waals surface area contributed by atoms with Crippen LogP contribution in [0.1, 0.15) is 90.7 Å². The first-order chi connectivity index (χ1) is 23.2. The molecule has 0 aliphatic rings. The summed E-state index contributed by atoms with van der Waals surface area (Å²) in [4.78, 5) is 64.0. The summed E-state index contributed by atoms with van der Waals surface area (Å²) >= 11 is 0. The molecule has 49 heavy (non-hydrogen) atoms. The summed E-state index contributed by atoms with van der Waals surface area (Å²) in [6.07, 6.45) is 0.952. The highest BCUT2D eigenvalue weighted by molar-refractivity contribution is 6.00. The van der Waals surface area contributed by atoms with Crippen LogP contribution in [0.5, 0.6) is 0 Å². The summed E-state index contributed by atoms with van der Waals surface area (Å²) in [5.41, 5.74) is -0.0101. The van der Waals surface area contributed by atoms with Gasteiger partial charge < -0.3 is 41.0 Å². The number of carbonyl (C=O) groups is 5. The van der Waals surface area contributed by atoms with E-state index in [1.165, 1.54) is 7.11 Å². The second kappa shape index (κ2) is 23.8. The summed E-state index contributed by atoms with van der Waals surface area (Å²) in [6, 6.07) is 8.10. The number of guanidine groups is 1. The van der Waals surface area contributed by atoms with Crippen LogP contribution in [0, 0.1) is 0 Å². The molecule has 16 heteroatoms. The fourth-order valence-electron chi connectivity index (χ4n) is 4.61. The van der Waals surface area contributed by atoms with Crippen LogP contribution in [0.3, 0.4) is 0 Å². The molecule has 0 fully saturated rings. The van der Waals surface area contributed by atoms with Gasteiger partial charge in [0, 0.05) is 32.7 Å². The maximum absolute atomic E-state index is 13.3. The predicted octanol–water partition coefficient (Wildman–Crippen LogP) is 3.49. The highest BCUT2D eigenvalue weighted by Gasteiger charge is 2.31. The van der Waals surface area contributed by atoms with E-state index in [0.29, 0.717) is 51.6 Å². The van der Waals surface area contributed by atoms with Crippen LogP contribution >= 0.6 is 0 Å². The number of nitrogens with zero attached hydrogens (tertiary/aromatic N) is 1. The van der Waals surface area contributed by atoms with Crippen LogP contribution in [-0.4, -0.2) is 97.2 Å². The fraction of sp³-hybridized carbons (Fsp3) is 0.636. The van der Waals surface area contributed by atoms with Gasteiger partial charge in [-0.05, 0) is 78.5 Å². The predicted molar refractivity (Wildman–Crippen MR) is 184 cm³/mol. The van der Waals surface area contributed by atoms with Gasteiger partial charge in [-0.2, -0.15) is 0 Å². The maximum Gasteiger partial charge on any atom is 0.414 e. The van der Waals surface area contributed by atoms with Gasteiger partial charge in [0.25, 0.3) is 0 Å². The first-order valence-electron chi connectivity index (χ1n) is 16.6. The topological polar surface area (TPSA) is 229 Å². The molecule has 1 unspecified atom stereocenters. The van der Waals surface area contributed by atoms with Crippen LogP contribution in [0.4, 0.5) is 14.4 Å². The molecule has 276 valence electrons. The van der Waals surface area contributed by atoms with Crippen molar-refractivity contribution in [3.63, 3.8) is 0 Å². The van der Waals surface area contributed by atoms with Crippen molar-refractivity contribution in [2.45, 2.75) is 103 Å². The lowest BCUT2D eigenvalue weighted by Crippen LogP contribution is -2.50. The molecule has 0 heterocycles. The van der Waals surface area contributed by atoms with Crippen molar-refractivity contribution in [1.82, 2.24) is 31.9 Å². The Balaban J connectivity index is 2.56. The highest BCUT2D eigenvalue weighted by Crippen LogP contribution is 2.21. The molecule has 0 radical (unpaired) electrons. The van der Waals surface area contributed by atoms with Crippen LogP contribution in [-0.2, 0) is 19.1 Å². The minimum atomic E-state index is -1.38. The first-order valence-corrected chi connectivity index (χ1v) is 16.6. The van der Waals surface area contributed by atoms with E-state index in [4.69, 9.17) is 19.7 Å². The van der Waals surface area contributed by atoms with Crippen molar-refractivity contribution in [1.29, 1.82) is 0 Å². The van der Waals surface area contributed by atoms with Crippen molar-refractivity contribution >= 4 is 36.1 Å². The Morgan fingerprint density at radius 1 is 0.837 bits per heavy atom. The summed E-state index contributed by atoms with van der Waals surface area (Å²) in [7, 11) is 1.49. The number of rotatable bonds is 21. The van der Waals surface area contributed by atoms with Crippen LogP contribution in [0.25, 0.3) is 0 Å². The van der Waals surface area contributed by atoms with Gasteiger partial charge in [-0.3, -0.25) is 25.2 Å². The number of amides is 5. The third-order valence-corrected chi connectivity index (χ3v) is 6.91. The maximum atomic E-state index is 13.3. The van der Waals surface area contributed by atoms with E-state index in [1.54, 1.807) is 27.7 Å². The number of aliphatic imine (C=N–C) groups is 1. The number of unbranched alkanes of at least 4 members (excludes halogenated alkanes) is 4. The first kappa shape index (κ1) is 42.6. The standard InChI is InChI=1S/C33H55N7O9/c1-23(37-30(43)44)18-22-34-19-13-14-20-35-28(42)26(27(48-5)24-15-9-8-10-16-24)38-25(41)17-11-6-7-12-21-36-29(39-31(45)46)40-32(47)49-33(2,3)4/h8-10,15-16,23,26-27,34,37H,6-7,11-14,17-22H2,1-5H3,(H,35,42)(H,38,41)(H,43,44)(H,45,46)(H2,36,39,40,47)/t23-,26+,27?/m1/s1. The molecule has 1 aromatic rings. The number of carboxylic acid groups (broad SMARTS) is 2. The minimum Gasteiger partial charge on any atom is -0.465 e. The zero-order valence-electron chi connectivity index (χ0n) is 29.3. The highest BCUT2D eigenvalue weighted by atomic mass is 16.6. The molecule has 8 N–H and O–H groups in total. The number of hydrogen-bond donors (Lipinski definition) is 8. The van der Waals surface area contributed by atoms with Gasteiger partial charge in [0.1, 0.15) is 17.7 Å². The van der Waals surface area contributed by atoms with Gasteiger partial charge in [-0.1, -0.05) is 43.2 Å². The Morgan fingerprint density at radius 3 is 2.14 bits per heavy atom. The molecule has 1 rings (SSSR count). The normalized spacial score (nSPS) is 13.4. The van der Waals surface area contributed by atoms with Crippen molar-refractivity contribution in [2.24, 2.45) is 4.99 Å². The van der Waals surface area contributed by atoms with Gasteiger partial charge in [0.15, 0.2) is 0 Å². The lowest BCUT2D eigenvalue weighted by molar-refractivity contribution is -0.132. The number of alkyl carbamates (subject to hydrolysis) is 1. The SMILES string of the molecule is COC(c1ccccc1)[C@H](NC(=O)CCCCCCN=C(NC(=O)O)NC(=O)OC(C)(C)C)C(=O)NCCCCNCC[C@@H](C)NC(=O)O. The molecule has 16 nitrogen and oxygen atoms in total. The quantitative estimate of drug-likeness (QED) is 0.0531. The second-order valence-corrected chi connectivity index (χ2v) is 12.5. The van der Waals surface area contributed by atoms with Gasteiger partial charge in [0.2, 0.25) is 17.8 Å². The summed E-state index contributed by atoms with van der Waals surface area (Å²) in [5.74, 6) is -0.874. The monoisotopic (exact) mass is 693 g/mol. The summed E-state index contributed by atoms with van der Waals surface area (Å²) in [6.45, 7) is 8.89. The molecule has 0 aliphatic carbocycles. The van der Waals surface area contributed by atoms with E-state index >= 15 is 0 Å². The molecule has 0 bridgehead atoms. The zero-order valence-corrected chi connectivity index (χ0v) is 29.3. The molecular formula is C33H55N7O9. The van der Waals surface area contributed by atoms with Gasteiger partial charge >= 0.3 is 18.3 Å². The Bertz CT molecular complexity index is 1190. The van der Waals surface area contributed by atoms with Crippen molar-refractivity contribution < 1.29 is 43.7 Å². The third-order valence-electron chi connectivity index (χ3n) is 6.91. The summed E-state index contributed by atoms with van der Waals surface area (Å²) in [5, 5.41) is 33.5. The van der Waals surface area contributed by atoms with E-state index in [9.17, 15) is 24.0 Å². The average molecular weight is 694 g/mol. The Labute approximate surface area is 288 Å². The van der Waals surface area contributed by atoms with Crippen LogP contribution in [0.15, 0.2) is 35.3 Å². The number of methoxy groups -OCH3 is 1. The van der Waals surface area contributed by atoms with Crippen LogP contribution < -0.4 is 31.9 Å². The third kappa shape index (κ3) is 21.2. The molecular weight excluding hydrogens is 638 g/mol. The van der Waals surface area contributed by atoms with E-state index in [1.807, 2.05) is 35.6 Å². The van der Waals surface area contributed by atoms with E-state index < -0.39 is 36.0 Å². The molecule has 0 saturated heterocycles. The van der Waals surface area contributed by atoms with E-state index in [2.05, 4.69) is 31.6 Å². The lowest BCUT2D eigenvalue weighted by Gasteiger charge is -2.26. The zero-order chi connectivity index (χ0) is 36.7. The largest absolute Gasteiger partial charge is 0.465 e. The molecule has 0 aliphatic heterocycles. The Morgan fingerprint density at radius 2 is 1.51 bits per heavy atom. The van der Waals surface area contributed by atoms with Crippen LogP contribution in [0.2, 0.25) is 0 Å². The number of hydrogen-bond acceptors (Lipinski definition) is 9. The van der Waals surface area contributed by atoms with E-state index in [0.717, 1.165) is 18.5 Å². The fourth-order valence-corrected chi connectivity index (χ4v) is 4.61. The second-order valence-electron chi connectivity index (χ2n) is 12.5. The molecule has 0 aromatic heterocycles. The molecule has 0 saturated carbocycles. The minimum absolute atomic E-state index is 0.145. The number of carbonyl (C=O) groups excluding carboxylic acids is 3. The number of ether oxygens (including phenoxy) is 2. The Kier molecular flexibility index (Phi) is 20.7. The van der Waals surface area contributed by atoms with Crippen molar-refractivity contribution in [2.75, 3.05) is 33.3 Å². The van der Waals surface area contributed by atoms with Gasteiger partial charge in [-0.25, -0.2) is 14.4 Å². The molecule has 5 amide bonds. The Hall–Kier alpha value is -4.44. The molecule has 0 spiro atoms. The lowest BCUT2D eigenvalue weighted by atomic mass is 10.0. The number of benzene rings is 1. The van der Waals surface area contributed by atoms with Gasteiger partial charge in [0.05, 0.1) is 0 Å². The van der Waals surface area contributed by atoms with Gasteiger partial charge in [-0.15, -0.1) is 0 Å². The summed E-state index contributed by atoms with van der Waals surface area (Å²) < 4.78 is 10.8.